The Hall–Kier alpha value is -3.64. The molecule has 2 aromatic heterocycles. The van der Waals surface area contributed by atoms with Gasteiger partial charge in [0.25, 0.3) is 0 Å². The standard InChI is InChI=1S/C22H22N4O4S/c1-11(2)9-15(22(28)29)25-21-14(10-23)17(24)20(31-21)19(27)16-12(3)30-26-18(16)13-7-5-4-6-8-13/h4-8,11,15,25H,9,24H2,1-3H3,(H,28,29). The molecule has 0 saturated carbocycles. The molecule has 0 saturated heterocycles. The minimum atomic E-state index is -1.04. The topological polar surface area (TPSA) is 142 Å². The average Bonchev–Trinajstić information content (AvgIpc) is 3.26. The van der Waals surface area contributed by atoms with Gasteiger partial charge in [-0.05, 0) is 19.3 Å². The number of nitrogens with one attached hydrogen (secondary N) is 1. The van der Waals surface area contributed by atoms with Crippen molar-refractivity contribution in [2.24, 2.45) is 5.92 Å². The van der Waals surface area contributed by atoms with Crippen LogP contribution in [0.4, 0.5) is 10.7 Å². The number of rotatable bonds is 8. The second kappa shape index (κ2) is 9.02. The first kappa shape index (κ1) is 22.1. The fourth-order valence-corrected chi connectivity index (χ4v) is 4.29. The second-order valence-electron chi connectivity index (χ2n) is 7.48. The van der Waals surface area contributed by atoms with Crippen LogP contribution >= 0.6 is 11.3 Å². The Bertz CT molecular complexity index is 1160. The molecule has 0 aliphatic carbocycles. The number of aromatic nitrogens is 1. The van der Waals surface area contributed by atoms with Crippen LogP contribution in [0.5, 0.6) is 0 Å². The fourth-order valence-electron chi connectivity index (χ4n) is 3.22. The number of benzene rings is 1. The number of nitrogens with two attached hydrogens (primary N) is 1. The zero-order valence-electron chi connectivity index (χ0n) is 17.3. The molecule has 160 valence electrons. The molecule has 1 unspecified atom stereocenters. The van der Waals surface area contributed by atoms with Gasteiger partial charge in [-0.25, -0.2) is 4.79 Å². The van der Waals surface area contributed by atoms with Gasteiger partial charge in [0, 0.05) is 5.56 Å². The van der Waals surface area contributed by atoms with E-state index in [1.807, 2.05) is 50.2 Å². The number of nitriles is 1. The Balaban J connectivity index is 2.04. The van der Waals surface area contributed by atoms with E-state index in [9.17, 15) is 20.0 Å². The highest BCUT2D eigenvalue weighted by Gasteiger charge is 2.30. The van der Waals surface area contributed by atoms with Gasteiger partial charge in [-0.3, -0.25) is 4.79 Å². The molecular weight excluding hydrogens is 416 g/mol. The molecule has 4 N–H and O–H groups in total. The molecular formula is C22H22N4O4S. The maximum Gasteiger partial charge on any atom is 0.326 e. The highest BCUT2D eigenvalue weighted by Crippen LogP contribution is 2.39. The number of aryl methyl sites for hydroxylation is 1. The van der Waals surface area contributed by atoms with E-state index in [1.165, 1.54) is 0 Å². The molecule has 0 bridgehead atoms. The first-order valence-electron chi connectivity index (χ1n) is 9.62. The molecule has 2 heterocycles. The molecule has 1 atom stereocenters. The summed E-state index contributed by atoms with van der Waals surface area (Å²) in [6, 6.07) is 10.2. The fraction of sp³-hybridized carbons (Fsp3) is 0.273. The van der Waals surface area contributed by atoms with E-state index in [1.54, 1.807) is 6.92 Å². The van der Waals surface area contributed by atoms with Gasteiger partial charge in [0.1, 0.15) is 39.0 Å². The minimum Gasteiger partial charge on any atom is -0.480 e. The van der Waals surface area contributed by atoms with E-state index >= 15 is 0 Å². The second-order valence-corrected chi connectivity index (χ2v) is 8.50. The number of thiophene rings is 1. The lowest BCUT2D eigenvalue weighted by Gasteiger charge is -2.16. The van der Waals surface area contributed by atoms with Crippen molar-refractivity contribution in [1.29, 1.82) is 5.26 Å². The molecule has 0 fully saturated rings. The van der Waals surface area contributed by atoms with Crippen molar-refractivity contribution in [1.82, 2.24) is 5.16 Å². The number of anilines is 2. The Morgan fingerprint density at radius 2 is 2.00 bits per heavy atom. The predicted molar refractivity (Wildman–Crippen MR) is 118 cm³/mol. The van der Waals surface area contributed by atoms with Crippen LogP contribution < -0.4 is 11.1 Å². The summed E-state index contributed by atoms with van der Waals surface area (Å²) >= 11 is 0.962. The van der Waals surface area contributed by atoms with Gasteiger partial charge in [-0.15, -0.1) is 11.3 Å². The molecule has 0 spiro atoms. The van der Waals surface area contributed by atoms with Crippen molar-refractivity contribution >= 4 is 33.8 Å². The summed E-state index contributed by atoms with van der Waals surface area (Å²) in [6.45, 7) is 5.44. The number of nitrogens with zero attached hydrogens (tertiary/aromatic N) is 2. The number of nitrogen functional groups attached to an aromatic ring is 1. The smallest absolute Gasteiger partial charge is 0.326 e. The van der Waals surface area contributed by atoms with Crippen LogP contribution in [0.25, 0.3) is 11.3 Å². The summed E-state index contributed by atoms with van der Waals surface area (Å²) in [4.78, 5) is 25.2. The third-order valence-electron chi connectivity index (χ3n) is 4.71. The van der Waals surface area contributed by atoms with Gasteiger partial charge in [-0.1, -0.05) is 49.3 Å². The number of carbonyl (C=O) groups excluding carboxylic acids is 1. The van der Waals surface area contributed by atoms with E-state index in [-0.39, 0.29) is 32.6 Å². The Labute approximate surface area is 183 Å². The highest BCUT2D eigenvalue weighted by molar-refractivity contribution is 7.19. The minimum absolute atomic E-state index is 0.00768. The van der Waals surface area contributed by atoms with Crippen LogP contribution in [0, 0.1) is 24.2 Å². The van der Waals surface area contributed by atoms with Crippen LogP contribution in [-0.4, -0.2) is 28.1 Å². The third kappa shape index (κ3) is 4.44. The number of hydrogen-bond acceptors (Lipinski definition) is 8. The molecule has 3 aromatic rings. The van der Waals surface area contributed by atoms with Gasteiger partial charge in [0.2, 0.25) is 5.78 Å². The van der Waals surface area contributed by atoms with Crippen LogP contribution in [0.2, 0.25) is 0 Å². The number of aliphatic carboxylic acids is 1. The van der Waals surface area contributed by atoms with E-state index in [2.05, 4.69) is 10.5 Å². The van der Waals surface area contributed by atoms with E-state index < -0.39 is 17.8 Å². The van der Waals surface area contributed by atoms with Crippen LogP contribution in [-0.2, 0) is 4.79 Å². The maximum atomic E-state index is 13.4. The lowest BCUT2D eigenvalue weighted by Crippen LogP contribution is -2.30. The quantitative estimate of drug-likeness (QED) is 0.442. The normalized spacial score (nSPS) is 11.8. The number of carboxylic acid groups (broad SMARTS) is 1. The number of carbonyl (C=O) groups is 2. The SMILES string of the molecule is Cc1onc(-c2ccccc2)c1C(=O)c1sc(NC(CC(C)C)C(=O)O)c(C#N)c1N. The zero-order chi connectivity index (χ0) is 22.7. The van der Waals surface area contributed by atoms with E-state index in [4.69, 9.17) is 10.3 Å². The zero-order valence-corrected chi connectivity index (χ0v) is 18.1. The third-order valence-corrected chi connectivity index (χ3v) is 5.85. The summed E-state index contributed by atoms with van der Waals surface area (Å²) in [6.07, 6.45) is 0.351. The first-order chi connectivity index (χ1) is 14.7. The Kier molecular flexibility index (Phi) is 6.42. The molecule has 0 aliphatic rings. The Morgan fingerprint density at radius 3 is 2.58 bits per heavy atom. The molecule has 31 heavy (non-hydrogen) atoms. The van der Waals surface area contributed by atoms with Crippen molar-refractivity contribution in [3.63, 3.8) is 0 Å². The molecule has 9 heteroatoms. The predicted octanol–water partition coefficient (Wildman–Crippen LogP) is 4.31. The number of hydrogen-bond donors (Lipinski definition) is 3. The van der Waals surface area contributed by atoms with Gasteiger partial charge < -0.3 is 20.7 Å². The van der Waals surface area contributed by atoms with Gasteiger partial charge in [-0.2, -0.15) is 5.26 Å². The van der Waals surface area contributed by atoms with Crippen LogP contribution in [0.1, 0.15) is 46.8 Å². The lowest BCUT2D eigenvalue weighted by atomic mass is 10.0. The van der Waals surface area contributed by atoms with Gasteiger partial charge >= 0.3 is 5.97 Å². The van der Waals surface area contributed by atoms with Crippen molar-refractivity contribution in [2.45, 2.75) is 33.2 Å². The lowest BCUT2D eigenvalue weighted by molar-refractivity contribution is -0.138. The monoisotopic (exact) mass is 438 g/mol. The average molecular weight is 439 g/mol. The Morgan fingerprint density at radius 1 is 1.32 bits per heavy atom. The summed E-state index contributed by atoms with van der Waals surface area (Å²) in [5, 5.41) is 26.3. The van der Waals surface area contributed by atoms with Gasteiger partial charge in [0.15, 0.2) is 0 Å². The first-order valence-corrected chi connectivity index (χ1v) is 10.4. The van der Waals surface area contributed by atoms with Crippen molar-refractivity contribution in [3.05, 3.63) is 52.1 Å². The molecule has 1 aromatic carbocycles. The molecule has 0 amide bonds. The van der Waals surface area contributed by atoms with Crippen molar-refractivity contribution in [3.8, 4) is 17.3 Å². The molecule has 8 nitrogen and oxygen atoms in total. The van der Waals surface area contributed by atoms with E-state index in [0.29, 0.717) is 23.4 Å². The van der Waals surface area contributed by atoms with Crippen LogP contribution in [0.15, 0.2) is 34.9 Å². The maximum absolute atomic E-state index is 13.4. The molecule has 0 aliphatic heterocycles. The molecule has 3 rings (SSSR count). The van der Waals surface area contributed by atoms with Gasteiger partial charge in [0.05, 0.1) is 11.3 Å². The van der Waals surface area contributed by atoms with Crippen molar-refractivity contribution < 1.29 is 19.2 Å². The molecule has 0 radical (unpaired) electrons. The van der Waals surface area contributed by atoms with Crippen LogP contribution in [0.3, 0.4) is 0 Å². The largest absolute Gasteiger partial charge is 0.480 e. The summed E-state index contributed by atoms with van der Waals surface area (Å²) < 4.78 is 5.27. The summed E-state index contributed by atoms with van der Waals surface area (Å²) in [7, 11) is 0. The number of ketones is 1. The van der Waals surface area contributed by atoms with E-state index in [0.717, 1.165) is 11.3 Å². The van der Waals surface area contributed by atoms with Crippen molar-refractivity contribution in [2.75, 3.05) is 11.1 Å². The summed E-state index contributed by atoms with van der Waals surface area (Å²) in [5.74, 6) is -1.03. The number of carboxylic acids is 1. The summed E-state index contributed by atoms with van der Waals surface area (Å²) in [5.41, 5.74) is 7.55. The highest BCUT2D eigenvalue weighted by atomic mass is 32.1.